The maximum Gasteiger partial charge on any atom is 0.0799 e. The van der Waals surface area contributed by atoms with Gasteiger partial charge < -0.3 is 0 Å². The van der Waals surface area contributed by atoms with E-state index in [9.17, 15) is 0 Å². The molecule has 0 spiro atoms. The van der Waals surface area contributed by atoms with E-state index in [1.54, 1.807) is 13.0 Å². The van der Waals surface area contributed by atoms with E-state index >= 15 is 0 Å². The molecule has 1 aromatic carbocycles. The lowest BCUT2D eigenvalue weighted by atomic mass is 10.1. The topological polar surface area (TPSA) is 12.9 Å². The van der Waals surface area contributed by atoms with Crippen molar-refractivity contribution >= 4 is 13.3 Å². The molecule has 17 heavy (non-hydrogen) atoms. The number of hydrogen-bond acceptors (Lipinski definition) is 1. The van der Waals surface area contributed by atoms with E-state index in [0.29, 0.717) is 16.4 Å². The van der Waals surface area contributed by atoms with Crippen LogP contribution in [0.1, 0.15) is 13.8 Å². The Morgan fingerprint density at radius 1 is 1.18 bits per heavy atom. The van der Waals surface area contributed by atoms with Gasteiger partial charge >= 0.3 is 0 Å². The van der Waals surface area contributed by atoms with Gasteiger partial charge in [0.15, 0.2) is 0 Å². The summed E-state index contributed by atoms with van der Waals surface area (Å²) in [4.78, 5) is 4.34. The molecular formula is C15H19NSi. The summed E-state index contributed by atoms with van der Waals surface area (Å²) in [5.41, 5.74) is 2.29. The van der Waals surface area contributed by atoms with Crippen molar-refractivity contribution in [2.75, 3.05) is 0 Å². The van der Waals surface area contributed by atoms with Crippen molar-refractivity contribution in [3.8, 4) is 11.3 Å². The average molecular weight is 247 g/mol. The van der Waals surface area contributed by atoms with Crippen LogP contribution in [0.5, 0.6) is 0 Å². The average Bonchev–Trinajstić information content (AvgIpc) is 2.45. The molecule has 0 amide bonds. The molecular weight excluding hydrogens is 222 g/mol. The highest BCUT2D eigenvalue weighted by Gasteiger charge is 2.19. The van der Waals surface area contributed by atoms with E-state index in [2.05, 4.69) is 4.98 Å². The molecule has 2 rings (SSSR count). The lowest BCUT2D eigenvalue weighted by molar-refractivity contribution is 1.30. The van der Waals surface area contributed by atoms with Gasteiger partial charge in [-0.3, -0.25) is 4.98 Å². The molecule has 88 valence electrons. The summed E-state index contributed by atoms with van der Waals surface area (Å²) >= 11 is 0. The van der Waals surface area contributed by atoms with Crippen LogP contribution in [0.15, 0.2) is 42.6 Å². The monoisotopic (exact) mass is 247 g/mol. The first-order chi connectivity index (χ1) is 10.5. The zero-order chi connectivity index (χ0) is 17.5. The summed E-state index contributed by atoms with van der Waals surface area (Å²) in [6.45, 7) is -1.90. The van der Waals surface area contributed by atoms with E-state index in [4.69, 9.17) is 8.22 Å². The second-order valence-corrected chi connectivity index (χ2v) is 7.16. The Morgan fingerprint density at radius 2 is 1.88 bits per heavy atom. The molecule has 0 unspecified atom stereocenters. The van der Waals surface area contributed by atoms with Gasteiger partial charge in [-0.1, -0.05) is 49.8 Å². The van der Waals surface area contributed by atoms with Crippen molar-refractivity contribution in [2.45, 2.75) is 26.4 Å². The van der Waals surface area contributed by atoms with Crippen molar-refractivity contribution in [2.24, 2.45) is 0 Å². The fourth-order valence-electron chi connectivity index (χ4n) is 1.85. The van der Waals surface area contributed by atoms with E-state index in [1.165, 1.54) is 12.7 Å². The molecule has 1 heterocycles. The fourth-order valence-corrected chi connectivity index (χ4v) is 3.03. The highest BCUT2D eigenvalue weighted by atomic mass is 28.3. The molecule has 2 heteroatoms. The molecule has 0 aliphatic rings. The van der Waals surface area contributed by atoms with E-state index in [1.807, 2.05) is 30.3 Å². The Labute approximate surface area is 113 Å². The molecule has 2 aromatic rings. The summed E-state index contributed by atoms with van der Waals surface area (Å²) in [7, 11) is -3.76. The zero-order valence-electron chi connectivity index (χ0n) is 16.0. The third-order valence-electron chi connectivity index (χ3n) is 2.72. The van der Waals surface area contributed by atoms with Gasteiger partial charge in [0.1, 0.15) is 0 Å². The smallest absolute Gasteiger partial charge is 0.0799 e. The van der Waals surface area contributed by atoms with Crippen molar-refractivity contribution in [3.05, 3.63) is 48.2 Å². The van der Waals surface area contributed by atoms with Gasteiger partial charge in [-0.15, -0.1) is 0 Å². The van der Waals surface area contributed by atoms with Crippen molar-refractivity contribution in [1.82, 2.24) is 4.98 Å². The summed E-state index contributed by atoms with van der Waals surface area (Å²) in [5, 5.41) is 0.372. The maximum atomic E-state index is 7.80. The molecule has 0 saturated heterocycles. The summed E-state index contributed by atoms with van der Waals surface area (Å²) in [6, 6.07) is 11.3. The summed E-state index contributed by atoms with van der Waals surface area (Å²) < 4.78 is 46.8. The molecule has 0 fully saturated rings. The normalized spacial score (nSPS) is 18.2. The van der Waals surface area contributed by atoms with Crippen molar-refractivity contribution in [1.29, 1.82) is 0 Å². The largest absolute Gasteiger partial charge is 0.256 e. The molecule has 0 aliphatic carbocycles. The minimum Gasteiger partial charge on any atom is -0.256 e. The molecule has 0 N–H and O–H groups in total. The predicted molar refractivity (Wildman–Crippen MR) is 77.4 cm³/mol. The molecule has 0 radical (unpaired) electrons. The Kier molecular flexibility index (Phi) is 1.70. The number of aryl methyl sites for hydroxylation is 1. The van der Waals surface area contributed by atoms with E-state index < -0.39 is 21.0 Å². The minimum atomic E-state index is -3.76. The Bertz CT molecular complexity index is 679. The van der Waals surface area contributed by atoms with Gasteiger partial charge in [-0.05, 0) is 23.7 Å². The van der Waals surface area contributed by atoms with E-state index in [0.717, 1.165) is 5.56 Å². The number of nitrogens with zero attached hydrogens (tertiary/aromatic N) is 1. The third-order valence-corrected chi connectivity index (χ3v) is 4.32. The van der Waals surface area contributed by atoms with Crippen LogP contribution in [-0.4, -0.2) is 13.1 Å². The standard InChI is InChI=1S/C15H19NSi/c1-12-10-14(13-8-6-5-7-9-13)16-11-15(12)17(2,3)4/h5-11H,1-4H3/i2D3,3D3. The number of rotatable bonds is 2. The van der Waals surface area contributed by atoms with Gasteiger partial charge in [0, 0.05) is 20.0 Å². The van der Waals surface area contributed by atoms with Gasteiger partial charge in [-0.2, -0.15) is 0 Å². The molecule has 0 aliphatic heterocycles. The van der Waals surface area contributed by atoms with Crippen LogP contribution >= 0.6 is 0 Å². The Hall–Kier alpha value is -1.41. The lowest BCUT2D eigenvalue weighted by Gasteiger charge is -2.19. The van der Waals surface area contributed by atoms with Crippen LogP contribution in [0.25, 0.3) is 11.3 Å². The maximum absolute atomic E-state index is 7.80. The van der Waals surface area contributed by atoms with Crippen LogP contribution in [0, 0.1) is 6.92 Å². The van der Waals surface area contributed by atoms with Gasteiger partial charge in [-0.25, -0.2) is 0 Å². The van der Waals surface area contributed by atoms with Crippen LogP contribution in [0.2, 0.25) is 19.5 Å². The van der Waals surface area contributed by atoms with Crippen LogP contribution in [-0.2, 0) is 0 Å². The summed E-state index contributed by atoms with van der Waals surface area (Å²) in [6.07, 6.45) is 1.45. The van der Waals surface area contributed by atoms with Crippen molar-refractivity contribution < 1.29 is 8.22 Å². The van der Waals surface area contributed by atoms with Crippen molar-refractivity contribution in [3.63, 3.8) is 0 Å². The van der Waals surface area contributed by atoms with Crippen LogP contribution < -0.4 is 5.19 Å². The van der Waals surface area contributed by atoms with Crippen LogP contribution in [0.4, 0.5) is 0 Å². The third kappa shape index (κ3) is 2.64. The van der Waals surface area contributed by atoms with Gasteiger partial charge in [0.2, 0.25) is 0 Å². The highest BCUT2D eigenvalue weighted by Crippen LogP contribution is 2.17. The second-order valence-electron chi connectivity index (χ2n) is 4.38. The quantitative estimate of drug-likeness (QED) is 0.739. The molecule has 0 atom stereocenters. The first-order valence-electron chi connectivity index (χ1n) is 8.51. The summed E-state index contributed by atoms with van der Waals surface area (Å²) in [5.74, 6) is 0. The van der Waals surface area contributed by atoms with E-state index in [-0.39, 0.29) is 0 Å². The van der Waals surface area contributed by atoms with Gasteiger partial charge in [0.05, 0.1) is 13.8 Å². The molecule has 1 aromatic heterocycles. The first kappa shape index (κ1) is 6.50. The molecule has 0 bridgehead atoms. The SMILES string of the molecule is [2H]C([2H])([2H])[Si](C)(c1cnc(-c2ccccc2)cc1C)C([2H])([2H])[2H]. The number of aromatic nitrogens is 1. The zero-order valence-corrected chi connectivity index (χ0v) is 11.0. The Balaban J connectivity index is 2.60. The molecule has 0 saturated carbocycles. The lowest BCUT2D eigenvalue weighted by Crippen LogP contribution is -2.39. The second kappa shape index (κ2) is 4.45. The minimum absolute atomic E-state index is 0.372. The number of hydrogen-bond donors (Lipinski definition) is 0. The highest BCUT2D eigenvalue weighted by molar-refractivity contribution is 6.89. The van der Waals surface area contributed by atoms with Gasteiger partial charge in [0.25, 0.3) is 0 Å². The Morgan fingerprint density at radius 3 is 2.47 bits per heavy atom. The predicted octanol–water partition coefficient (Wildman–Crippen LogP) is 3.60. The fraction of sp³-hybridized carbons (Fsp3) is 0.267. The number of benzene rings is 1. The number of pyridine rings is 1. The molecule has 1 nitrogen and oxygen atoms in total. The van der Waals surface area contributed by atoms with Crippen LogP contribution in [0.3, 0.4) is 0 Å². The first-order valence-corrected chi connectivity index (χ1v) is 8.01.